The van der Waals surface area contributed by atoms with Crippen LogP contribution in [0, 0.1) is 5.92 Å². The maximum Gasteiger partial charge on any atom is 0.0483 e. The van der Waals surface area contributed by atoms with E-state index in [9.17, 15) is 0 Å². The molecule has 1 saturated carbocycles. The molecule has 1 aliphatic rings. The highest BCUT2D eigenvalue weighted by Crippen LogP contribution is 2.24. The highest BCUT2D eigenvalue weighted by Gasteiger charge is 2.20. The van der Waals surface area contributed by atoms with E-state index in [2.05, 4.69) is 54.2 Å². The van der Waals surface area contributed by atoms with E-state index in [0.29, 0.717) is 0 Å². The lowest BCUT2D eigenvalue weighted by atomic mass is 10.0. The van der Waals surface area contributed by atoms with Gasteiger partial charge in [-0.3, -0.25) is 0 Å². The van der Waals surface area contributed by atoms with Crippen LogP contribution in [0.5, 0.6) is 0 Å². The van der Waals surface area contributed by atoms with E-state index in [1.54, 1.807) is 0 Å². The quantitative estimate of drug-likeness (QED) is 0.792. The molecule has 0 unspecified atom stereocenters. The second-order valence-electron chi connectivity index (χ2n) is 6.16. The second-order valence-corrected chi connectivity index (χ2v) is 6.16. The zero-order chi connectivity index (χ0) is 13.9. The SMILES string of the molecule is CCC(CC)Cn1ccc2c(CNC3CC3)cccc21. The fourth-order valence-electron chi connectivity index (χ4n) is 2.97. The summed E-state index contributed by atoms with van der Waals surface area (Å²) in [7, 11) is 0. The summed E-state index contributed by atoms with van der Waals surface area (Å²) in [6.07, 6.45) is 7.50. The van der Waals surface area contributed by atoms with Gasteiger partial charge in [0.05, 0.1) is 0 Å². The number of hydrogen-bond acceptors (Lipinski definition) is 1. The van der Waals surface area contributed by atoms with Gasteiger partial charge in [0.1, 0.15) is 0 Å². The minimum atomic E-state index is 0.775. The third kappa shape index (κ3) is 2.90. The van der Waals surface area contributed by atoms with Crippen LogP contribution in [0.25, 0.3) is 10.9 Å². The third-order valence-corrected chi connectivity index (χ3v) is 4.67. The van der Waals surface area contributed by atoms with Crippen molar-refractivity contribution in [1.82, 2.24) is 9.88 Å². The van der Waals surface area contributed by atoms with Crippen LogP contribution in [0.15, 0.2) is 30.5 Å². The molecule has 1 heterocycles. The fourth-order valence-corrected chi connectivity index (χ4v) is 2.97. The molecule has 0 saturated heterocycles. The van der Waals surface area contributed by atoms with Gasteiger partial charge in [0.25, 0.3) is 0 Å². The topological polar surface area (TPSA) is 17.0 Å². The lowest BCUT2D eigenvalue weighted by Gasteiger charge is -2.14. The van der Waals surface area contributed by atoms with E-state index < -0.39 is 0 Å². The molecule has 20 heavy (non-hydrogen) atoms. The lowest BCUT2D eigenvalue weighted by Crippen LogP contribution is -2.15. The van der Waals surface area contributed by atoms with Gasteiger partial charge in [-0.05, 0) is 36.5 Å². The zero-order valence-corrected chi connectivity index (χ0v) is 12.7. The predicted molar refractivity (Wildman–Crippen MR) is 85.9 cm³/mol. The highest BCUT2D eigenvalue weighted by atomic mass is 15.0. The average molecular weight is 270 g/mol. The van der Waals surface area contributed by atoms with E-state index >= 15 is 0 Å². The first-order valence-electron chi connectivity index (χ1n) is 8.12. The van der Waals surface area contributed by atoms with Gasteiger partial charge >= 0.3 is 0 Å². The van der Waals surface area contributed by atoms with Gasteiger partial charge in [-0.2, -0.15) is 0 Å². The first-order chi connectivity index (χ1) is 9.81. The first-order valence-corrected chi connectivity index (χ1v) is 8.12. The Labute approximate surface area is 122 Å². The molecule has 2 aromatic rings. The summed E-state index contributed by atoms with van der Waals surface area (Å²) >= 11 is 0. The van der Waals surface area contributed by atoms with Gasteiger partial charge < -0.3 is 9.88 Å². The van der Waals surface area contributed by atoms with Gasteiger partial charge in [-0.15, -0.1) is 0 Å². The zero-order valence-electron chi connectivity index (χ0n) is 12.7. The Kier molecular flexibility index (Phi) is 4.11. The minimum absolute atomic E-state index is 0.775. The normalized spacial score (nSPS) is 15.3. The molecule has 0 amide bonds. The van der Waals surface area contributed by atoms with Crippen LogP contribution in [0.3, 0.4) is 0 Å². The number of rotatable bonds is 7. The third-order valence-electron chi connectivity index (χ3n) is 4.67. The number of nitrogens with zero attached hydrogens (tertiary/aromatic N) is 1. The largest absolute Gasteiger partial charge is 0.347 e. The molecule has 0 bridgehead atoms. The van der Waals surface area contributed by atoms with Gasteiger partial charge in [0.15, 0.2) is 0 Å². The molecule has 0 spiro atoms. The molecule has 2 nitrogen and oxygen atoms in total. The Morgan fingerprint density at radius 3 is 2.70 bits per heavy atom. The van der Waals surface area contributed by atoms with Gasteiger partial charge in [0, 0.05) is 36.2 Å². The fraction of sp³-hybridized carbons (Fsp3) is 0.556. The van der Waals surface area contributed by atoms with Gasteiger partial charge in [0.2, 0.25) is 0 Å². The van der Waals surface area contributed by atoms with E-state index in [0.717, 1.165) is 25.0 Å². The van der Waals surface area contributed by atoms with E-state index in [1.807, 2.05) is 0 Å². The highest BCUT2D eigenvalue weighted by molar-refractivity contribution is 5.83. The summed E-state index contributed by atoms with van der Waals surface area (Å²) in [5, 5.41) is 5.05. The Bertz CT molecular complexity index is 562. The van der Waals surface area contributed by atoms with Crippen molar-refractivity contribution < 1.29 is 0 Å². The van der Waals surface area contributed by atoms with Crippen LogP contribution in [-0.2, 0) is 13.1 Å². The number of nitrogens with one attached hydrogen (secondary N) is 1. The molecule has 1 fully saturated rings. The molecule has 0 radical (unpaired) electrons. The van der Waals surface area contributed by atoms with Crippen molar-refractivity contribution in [3.05, 3.63) is 36.0 Å². The van der Waals surface area contributed by atoms with Crippen LogP contribution in [-0.4, -0.2) is 10.6 Å². The first kappa shape index (κ1) is 13.7. The molecule has 2 heteroatoms. The van der Waals surface area contributed by atoms with Crippen molar-refractivity contribution in [3.63, 3.8) is 0 Å². The smallest absolute Gasteiger partial charge is 0.0483 e. The minimum Gasteiger partial charge on any atom is -0.347 e. The Morgan fingerprint density at radius 2 is 2.00 bits per heavy atom. The lowest BCUT2D eigenvalue weighted by molar-refractivity contribution is 0.425. The molecule has 0 atom stereocenters. The Morgan fingerprint density at radius 1 is 1.20 bits per heavy atom. The van der Waals surface area contributed by atoms with Gasteiger partial charge in [-0.25, -0.2) is 0 Å². The summed E-state index contributed by atoms with van der Waals surface area (Å²) in [6.45, 7) is 6.75. The maximum atomic E-state index is 3.63. The van der Waals surface area contributed by atoms with Crippen LogP contribution < -0.4 is 5.32 Å². The Hall–Kier alpha value is -1.28. The van der Waals surface area contributed by atoms with E-state index in [4.69, 9.17) is 0 Å². The molecule has 1 aliphatic carbocycles. The summed E-state index contributed by atoms with van der Waals surface area (Å²) < 4.78 is 2.44. The summed E-state index contributed by atoms with van der Waals surface area (Å²) in [5.74, 6) is 0.791. The average Bonchev–Trinajstić information content (AvgIpc) is 3.22. The van der Waals surface area contributed by atoms with Crippen molar-refractivity contribution in [2.75, 3.05) is 0 Å². The van der Waals surface area contributed by atoms with Crippen molar-refractivity contribution in [2.45, 2.75) is 58.7 Å². The molecule has 1 aromatic carbocycles. The molecule has 0 aliphatic heterocycles. The molecule has 3 rings (SSSR count). The number of benzene rings is 1. The predicted octanol–water partition coefficient (Wildman–Crippen LogP) is 4.33. The molecular formula is C18H26N2. The van der Waals surface area contributed by atoms with E-state index in [-0.39, 0.29) is 0 Å². The summed E-state index contributed by atoms with van der Waals surface area (Å²) in [5.41, 5.74) is 2.84. The second kappa shape index (κ2) is 6.01. The van der Waals surface area contributed by atoms with Crippen LogP contribution in [0.2, 0.25) is 0 Å². The van der Waals surface area contributed by atoms with Gasteiger partial charge in [-0.1, -0.05) is 38.8 Å². The molecule has 1 N–H and O–H groups in total. The standard InChI is InChI=1S/C18H26N2/c1-3-14(4-2)13-20-11-10-17-15(6-5-7-18(17)20)12-19-16-8-9-16/h5-7,10-11,14,16,19H,3-4,8-9,12-13H2,1-2H3. The van der Waals surface area contributed by atoms with Crippen LogP contribution in [0.1, 0.15) is 45.1 Å². The van der Waals surface area contributed by atoms with E-state index in [1.165, 1.54) is 42.1 Å². The molecular weight excluding hydrogens is 244 g/mol. The van der Waals surface area contributed by atoms with Crippen molar-refractivity contribution in [1.29, 1.82) is 0 Å². The number of fused-ring (bicyclic) bond motifs is 1. The Balaban J connectivity index is 1.82. The number of aromatic nitrogens is 1. The molecule has 108 valence electrons. The maximum absolute atomic E-state index is 3.63. The summed E-state index contributed by atoms with van der Waals surface area (Å²) in [6, 6.07) is 9.80. The monoisotopic (exact) mass is 270 g/mol. The van der Waals surface area contributed by atoms with Crippen molar-refractivity contribution >= 4 is 10.9 Å². The van der Waals surface area contributed by atoms with Crippen LogP contribution in [0.4, 0.5) is 0 Å². The summed E-state index contributed by atoms with van der Waals surface area (Å²) in [4.78, 5) is 0. The van der Waals surface area contributed by atoms with Crippen molar-refractivity contribution in [2.24, 2.45) is 5.92 Å². The van der Waals surface area contributed by atoms with Crippen molar-refractivity contribution in [3.8, 4) is 0 Å². The van der Waals surface area contributed by atoms with Crippen LogP contribution >= 0.6 is 0 Å². The number of hydrogen-bond donors (Lipinski definition) is 1. The molecule has 1 aromatic heterocycles.